The van der Waals surface area contributed by atoms with Gasteiger partial charge in [-0.1, -0.05) is 6.07 Å². The Balaban J connectivity index is 2.55. The third-order valence-corrected chi connectivity index (χ3v) is 3.32. The minimum Gasteiger partial charge on any atom is -0.347 e. The Bertz CT molecular complexity index is 474. The van der Waals surface area contributed by atoms with Gasteiger partial charge in [-0.2, -0.15) is 11.8 Å². The number of aryl methyl sites for hydroxylation is 1. The van der Waals surface area contributed by atoms with Gasteiger partial charge in [0.1, 0.15) is 0 Å². The number of hydrogen-bond donors (Lipinski definition) is 1. The summed E-state index contributed by atoms with van der Waals surface area (Å²) in [5.74, 6) is 1.06. The standard InChI is InChI=1S/C12H16N2S/c1-14-11(8-15-2)6-10-5-9(7-13)3-4-12(10)14/h3-6H,7-8,13H2,1-2H3. The van der Waals surface area contributed by atoms with Crippen molar-refractivity contribution in [1.29, 1.82) is 0 Å². The van der Waals surface area contributed by atoms with Crippen LogP contribution in [0.5, 0.6) is 0 Å². The summed E-state index contributed by atoms with van der Waals surface area (Å²) in [5, 5.41) is 1.30. The largest absolute Gasteiger partial charge is 0.347 e. The Morgan fingerprint density at radius 2 is 2.13 bits per heavy atom. The summed E-state index contributed by atoms with van der Waals surface area (Å²) in [5.41, 5.74) is 9.49. The second-order valence-corrected chi connectivity index (χ2v) is 4.59. The van der Waals surface area contributed by atoms with E-state index in [1.165, 1.54) is 22.2 Å². The molecule has 0 radical (unpaired) electrons. The number of fused-ring (bicyclic) bond motifs is 1. The average molecular weight is 220 g/mol. The topological polar surface area (TPSA) is 30.9 Å². The fraction of sp³-hybridized carbons (Fsp3) is 0.333. The van der Waals surface area contributed by atoms with Crippen LogP contribution < -0.4 is 5.73 Å². The van der Waals surface area contributed by atoms with E-state index in [1.807, 2.05) is 11.8 Å². The summed E-state index contributed by atoms with van der Waals surface area (Å²) in [6.45, 7) is 0.614. The smallest absolute Gasteiger partial charge is 0.0480 e. The lowest BCUT2D eigenvalue weighted by Gasteiger charge is -2.02. The minimum atomic E-state index is 0.614. The van der Waals surface area contributed by atoms with Crippen LogP contribution in [0.15, 0.2) is 24.3 Å². The first-order valence-electron chi connectivity index (χ1n) is 5.02. The zero-order chi connectivity index (χ0) is 10.8. The quantitative estimate of drug-likeness (QED) is 0.861. The second kappa shape index (κ2) is 4.29. The van der Waals surface area contributed by atoms with Crippen LogP contribution in [0.25, 0.3) is 10.9 Å². The predicted octanol–water partition coefficient (Wildman–Crippen LogP) is 2.50. The minimum absolute atomic E-state index is 0.614. The van der Waals surface area contributed by atoms with E-state index in [4.69, 9.17) is 5.73 Å². The molecule has 0 atom stereocenters. The Kier molecular flexibility index (Phi) is 3.03. The molecule has 0 saturated carbocycles. The molecule has 1 heterocycles. The van der Waals surface area contributed by atoms with Crippen molar-refractivity contribution in [3.8, 4) is 0 Å². The lowest BCUT2D eigenvalue weighted by molar-refractivity contribution is 0.910. The van der Waals surface area contributed by atoms with Crippen molar-refractivity contribution >= 4 is 22.7 Å². The van der Waals surface area contributed by atoms with Gasteiger partial charge < -0.3 is 10.3 Å². The third kappa shape index (κ3) is 1.90. The molecule has 2 rings (SSSR count). The summed E-state index contributed by atoms with van der Waals surface area (Å²) in [7, 11) is 2.12. The van der Waals surface area contributed by atoms with Gasteiger partial charge in [-0.25, -0.2) is 0 Å². The van der Waals surface area contributed by atoms with E-state index in [2.05, 4.69) is 42.1 Å². The molecule has 1 aromatic heterocycles. The molecule has 0 unspecified atom stereocenters. The van der Waals surface area contributed by atoms with Crippen molar-refractivity contribution in [2.24, 2.45) is 12.8 Å². The van der Waals surface area contributed by atoms with Gasteiger partial charge in [0.05, 0.1) is 0 Å². The summed E-state index contributed by atoms with van der Waals surface area (Å²) < 4.78 is 2.26. The van der Waals surface area contributed by atoms with Crippen LogP contribution in [-0.2, 0) is 19.3 Å². The van der Waals surface area contributed by atoms with Crippen molar-refractivity contribution < 1.29 is 0 Å². The number of thioether (sulfide) groups is 1. The monoisotopic (exact) mass is 220 g/mol. The molecule has 0 spiro atoms. The van der Waals surface area contributed by atoms with Crippen LogP contribution in [0, 0.1) is 0 Å². The Morgan fingerprint density at radius 1 is 1.33 bits per heavy atom. The maximum absolute atomic E-state index is 5.63. The molecule has 0 aliphatic rings. The molecule has 0 fully saturated rings. The third-order valence-electron chi connectivity index (χ3n) is 2.73. The van der Waals surface area contributed by atoms with Crippen molar-refractivity contribution in [3.63, 3.8) is 0 Å². The molecule has 1 aromatic carbocycles. The van der Waals surface area contributed by atoms with Gasteiger partial charge in [-0.05, 0) is 30.0 Å². The number of hydrogen-bond acceptors (Lipinski definition) is 2. The zero-order valence-electron chi connectivity index (χ0n) is 9.16. The molecule has 80 valence electrons. The first-order chi connectivity index (χ1) is 7.26. The molecule has 15 heavy (non-hydrogen) atoms. The van der Waals surface area contributed by atoms with Crippen LogP contribution in [0.3, 0.4) is 0 Å². The van der Waals surface area contributed by atoms with Crippen LogP contribution in [0.4, 0.5) is 0 Å². The van der Waals surface area contributed by atoms with E-state index in [0.29, 0.717) is 6.54 Å². The molecule has 0 aliphatic carbocycles. The van der Waals surface area contributed by atoms with Gasteiger partial charge in [0.15, 0.2) is 0 Å². The van der Waals surface area contributed by atoms with Gasteiger partial charge in [0, 0.05) is 35.9 Å². The van der Waals surface area contributed by atoms with Gasteiger partial charge in [-0.3, -0.25) is 0 Å². The highest BCUT2D eigenvalue weighted by Gasteiger charge is 2.05. The van der Waals surface area contributed by atoms with Gasteiger partial charge in [0.25, 0.3) is 0 Å². The molecule has 2 nitrogen and oxygen atoms in total. The average Bonchev–Trinajstić information content (AvgIpc) is 2.56. The predicted molar refractivity (Wildman–Crippen MR) is 68.0 cm³/mol. The molecule has 3 heteroatoms. The second-order valence-electron chi connectivity index (χ2n) is 3.72. The Morgan fingerprint density at radius 3 is 2.80 bits per heavy atom. The van der Waals surface area contributed by atoms with Crippen LogP contribution in [0.2, 0.25) is 0 Å². The molecule has 2 N–H and O–H groups in total. The van der Waals surface area contributed by atoms with Gasteiger partial charge >= 0.3 is 0 Å². The van der Waals surface area contributed by atoms with Crippen molar-refractivity contribution in [2.75, 3.05) is 6.26 Å². The molecule has 0 bridgehead atoms. The molecule has 0 saturated heterocycles. The highest BCUT2D eigenvalue weighted by atomic mass is 32.2. The van der Waals surface area contributed by atoms with Crippen LogP contribution >= 0.6 is 11.8 Å². The van der Waals surface area contributed by atoms with Crippen molar-refractivity contribution in [1.82, 2.24) is 4.57 Å². The number of benzene rings is 1. The first kappa shape index (κ1) is 10.6. The van der Waals surface area contributed by atoms with Crippen molar-refractivity contribution in [3.05, 3.63) is 35.5 Å². The zero-order valence-corrected chi connectivity index (χ0v) is 9.97. The molecule has 0 aliphatic heterocycles. The van der Waals surface area contributed by atoms with Crippen LogP contribution in [0.1, 0.15) is 11.3 Å². The summed E-state index contributed by atoms with van der Waals surface area (Å²) >= 11 is 1.85. The van der Waals surface area contributed by atoms with Gasteiger partial charge in [0.2, 0.25) is 0 Å². The van der Waals surface area contributed by atoms with E-state index in [-0.39, 0.29) is 0 Å². The van der Waals surface area contributed by atoms with Gasteiger partial charge in [-0.15, -0.1) is 0 Å². The summed E-state index contributed by atoms with van der Waals surface area (Å²) in [6, 6.07) is 8.69. The Hall–Kier alpha value is -0.930. The van der Waals surface area contributed by atoms with E-state index in [9.17, 15) is 0 Å². The highest BCUT2D eigenvalue weighted by molar-refractivity contribution is 7.97. The number of aromatic nitrogens is 1. The fourth-order valence-electron chi connectivity index (χ4n) is 1.87. The SMILES string of the molecule is CSCc1cc2cc(CN)ccc2n1C. The first-order valence-corrected chi connectivity index (χ1v) is 6.42. The normalized spacial score (nSPS) is 11.1. The fourth-order valence-corrected chi connectivity index (χ4v) is 2.44. The summed E-state index contributed by atoms with van der Waals surface area (Å²) in [6.07, 6.45) is 2.13. The molecular formula is C12H16N2S. The summed E-state index contributed by atoms with van der Waals surface area (Å²) in [4.78, 5) is 0. The number of nitrogens with zero attached hydrogens (tertiary/aromatic N) is 1. The van der Waals surface area contributed by atoms with Crippen LogP contribution in [-0.4, -0.2) is 10.8 Å². The maximum atomic E-state index is 5.63. The Labute approximate surface area is 94.5 Å². The molecule has 0 amide bonds. The number of rotatable bonds is 3. The highest BCUT2D eigenvalue weighted by Crippen LogP contribution is 2.22. The van der Waals surface area contributed by atoms with E-state index in [1.54, 1.807) is 0 Å². The molecule has 2 aromatic rings. The van der Waals surface area contributed by atoms with Crippen molar-refractivity contribution in [2.45, 2.75) is 12.3 Å². The maximum Gasteiger partial charge on any atom is 0.0480 e. The van der Waals surface area contributed by atoms with E-state index < -0.39 is 0 Å². The van der Waals surface area contributed by atoms with E-state index >= 15 is 0 Å². The lowest BCUT2D eigenvalue weighted by Crippen LogP contribution is -1.96. The van der Waals surface area contributed by atoms with E-state index in [0.717, 1.165) is 5.75 Å². The number of nitrogens with two attached hydrogens (primary N) is 1. The lowest BCUT2D eigenvalue weighted by atomic mass is 10.1. The molecular weight excluding hydrogens is 204 g/mol.